The van der Waals surface area contributed by atoms with Crippen LogP contribution in [0, 0.1) is 23.2 Å². The second-order valence-corrected chi connectivity index (χ2v) is 15.5. The number of carbonyl (C=O) groups is 6. The van der Waals surface area contributed by atoms with Gasteiger partial charge in [0.25, 0.3) is 11.8 Å². The largest absolute Gasteiger partial charge is 0.347 e. The number of aromatic nitrogens is 2. The third kappa shape index (κ3) is 8.83. The fourth-order valence-corrected chi connectivity index (χ4v) is 7.87. The van der Waals surface area contributed by atoms with Crippen molar-refractivity contribution in [3.05, 3.63) is 24.3 Å². The number of rotatable bonds is 13. The Hall–Kier alpha value is -3.90. The molecule has 5 amide bonds. The first kappa shape index (κ1) is 36.4. The lowest BCUT2D eigenvalue weighted by Gasteiger charge is -2.38. The maximum absolute atomic E-state index is 14.6. The SMILES string of the molecule is CCC[C@@H](NC(=O)[C@H]1[C@H]2CCC[C@H]2CN1C(=O)[C@H](NC(=O)[C@@H](NC(=O)c1cnccn1)C1CCCCC1)C(C)(C)C)C(=O)C(=O)NC1CC1. The predicted molar refractivity (Wildman–Crippen MR) is 181 cm³/mol. The van der Waals surface area contributed by atoms with E-state index in [1.807, 2.05) is 27.7 Å². The van der Waals surface area contributed by atoms with Gasteiger partial charge in [-0.15, -0.1) is 0 Å². The smallest absolute Gasteiger partial charge is 0.289 e. The minimum Gasteiger partial charge on any atom is -0.347 e. The van der Waals surface area contributed by atoms with Crippen LogP contribution in [0.3, 0.4) is 0 Å². The minimum absolute atomic E-state index is 0.0132. The average Bonchev–Trinajstić information content (AvgIpc) is 3.65. The normalized spacial score (nSPS) is 24.2. The van der Waals surface area contributed by atoms with Gasteiger partial charge < -0.3 is 26.2 Å². The Morgan fingerprint density at radius 1 is 0.898 bits per heavy atom. The third-order valence-corrected chi connectivity index (χ3v) is 10.7. The molecule has 1 aromatic rings. The fourth-order valence-electron chi connectivity index (χ4n) is 7.87. The van der Waals surface area contributed by atoms with Crippen molar-refractivity contribution in [3.8, 4) is 0 Å². The molecule has 4 aliphatic rings. The molecule has 49 heavy (non-hydrogen) atoms. The van der Waals surface area contributed by atoms with Crippen molar-refractivity contribution in [1.82, 2.24) is 36.1 Å². The van der Waals surface area contributed by atoms with Crippen LogP contribution in [0.4, 0.5) is 0 Å². The van der Waals surface area contributed by atoms with Gasteiger partial charge in [-0.05, 0) is 68.1 Å². The molecule has 0 bridgehead atoms. The van der Waals surface area contributed by atoms with Crippen LogP contribution in [0.1, 0.15) is 115 Å². The molecular formula is C36H53N7O6. The highest BCUT2D eigenvalue weighted by molar-refractivity contribution is 6.38. The molecule has 1 saturated heterocycles. The van der Waals surface area contributed by atoms with Crippen LogP contribution in [0.25, 0.3) is 0 Å². The molecule has 0 radical (unpaired) electrons. The molecule has 13 heteroatoms. The van der Waals surface area contributed by atoms with Gasteiger partial charge >= 0.3 is 0 Å². The first-order chi connectivity index (χ1) is 23.4. The van der Waals surface area contributed by atoms with Gasteiger partial charge in [0.1, 0.15) is 23.8 Å². The number of ketones is 1. The Balaban J connectivity index is 1.36. The van der Waals surface area contributed by atoms with Crippen LogP contribution in [-0.4, -0.2) is 86.9 Å². The maximum atomic E-state index is 14.6. The Bertz CT molecular complexity index is 1390. The molecule has 5 rings (SSSR count). The van der Waals surface area contributed by atoms with Gasteiger partial charge in [0, 0.05) is 25.0 Å². The molecular weight excluding hydrogens is 626 g/mol. The summed E-state index contributed by atoms with van der Waals surface area (Å²) in [5.41, 5.74) is -0.638. The highest BCUT2D eigenvalue weighted by atomic mass is 16.2. The summed E-state index contributed by atoms with van der Waals surface area (Å²) >= 11 is 0. The Morgan fingerprint density at radius 3 is 2.27 bits per heavy atom. The molecule has 0 spiro atoms. The number of Topliss-reactive ketones (excluding diaryl/α,β-unsaturated/α-hetero) is 1. The summed E-state index contributed by atoms with van der Waals surface area (Å²) in [4.78, 5) is 91.4. The average molecular weight is 680 g/mol. The third-order valence-electron chi connectivity index (χ3n) is 10.7. The van der Waals surface area contributed by atoms with E-state index in [0.29, 0.717) is 19.4 Å². The van der Waals surface area contributed by atoms with Crippen LogP contribution in [0.2, 0.25) is 0 Å². The summed E-state index contributed by atoms with van der Waals surface area (Å²) in [6, 6.07) is -3.68. The van der Waals surface area contributed by atoms with Crippen molar-refractivity contribution < 1.29 is 28.8 Å². The molecule has 0 unspecified atom stereocenters. The molecule has 0 aromatic carbocycles. The summed E-state index contributed by atoms with van der Waals surface area (Å²) in [6.45, 7) is 7.85. The van der Waals surface area contributed by atoms with Gasteiger partial charge in [0.2, 0.25) is 23.5 Å². The maximum Gasteiger partial charge on any atom is 0.289 e. The summed E-state index contributed by atoms with van der Waals surface area (Å²) in [5.74, 6) is -3.20. The van der Waals surface area contributed by atoms with Gasteiger partial charge in [-0.3, -0.25) is 33.8 Å². The lowest BCUT2D eigenvalue weighted by Crippen LogP contribution is -2.62. The molecule has 2 heterocycles. The van der Waals surface area contributed by atoms with Crippen LogP contribution >= 0.6 is 0 Å². The number of carbonyl (C=O) groups excluding carboxylic acids is 6. The molecule has 1 aliphatic heterocycles. The van der Waals surface area contributed by atoms with Crippen LogP contribution < -0.4 is 21.3 Å². The van der Waals surface area contributed by atoms with E-state index in [2.05, 4.69) is 31.2 Å². The van der Waals surface area contributed by atoms with Gasteiger partial charge in [-0.2, -0.15) is 0 Å². The number of hydrogen-bond acceptors (Lipinski definition) is 8. The van der Waals surface area contributed by atoms with Crippen LogP contribution in [-0.2, 0) is 24.0 Å². The molecule has 3 aliphatic carbocycles. The van der Waals surface area contributed by atoms with Gasteiger partial charge in [0.15, 0.2) is 0 Å². The number of fused-ring (bicyclic) bond motifs is 1. The van der Waals surface area contributed by atoms with Crippen molar-refractivity contribution in [2.75, 3.05) is 6.54 Å². The summed E-state index contributed by atoms with van der Waals surface area (Å²) < 4.78 is 0. The summed E-state index contributed by atoms with van der Waals surface area (Å²) in [5, 5.41) is 11.5. The van der Waals surface area contributed by atoms with Crippen LogP contribution in [0.15, 0.2) is 18.6 Å². The lowest BCUT2D eigenvalue weighted by molar-refractivity contribution is -0.146. The van der Waals surface area contributed by atoms with Gasteiger partial charge in [0.05, 0.1) is 12.2 Å². The number of hydrogen-bond donors (Lipinski definition) is 4. The van der Waals surface area contributed by atoms with Crippen molar-refractivity contribution in [1.29, 1.82) is 0 Å². The molecule has 6 atom stereocenters. The Morgan fingerprint density at radius 2 is 1.63 bits per heavy atom. The molecule has 4 N–H and O–H groups in total. The highest BCUT2D eigenvalue weighted by Crippen LogP contribution is 2.43. The number of likely N-dealkylation sites (tertiary alicyclic amines) is 1. The molecule has 268 valence electrons. The van der Waals surface area contributed by atoms with Gasteiger partial charge in [-0.25, -0.2) is 4.98 Å². The molecule has 3 saturated carbocycles. The summed E-state index contributed by atoms with van der Waals surface area (Å²) in [7, 11) is 0. The first-order valence-corrected chi connectivity index (χ1v) is 18.2. The van der Waals surface area contributed by atoms with E-state index >= 15 is 0 Å². The highest BCUT2D eigenvalue weighted by Gasteiger charge is 2.52. The Labute approximate surface area is 288 Å². The fraction of sp³-hybridized carbons (Fsp3) is 0.722. The van der Waals surface area contributed by atoms with E-state index in [-0.39, 0.29) is 35.4 Å². The first-order valence-electron chi connectivity index (χ1n) is 18.2. The number of amides is 5. The zero-order valence-corrected chi connectivity index (χ0v) is 29.3. The second kappa shape index (κ2) is 15.8. The van der Waals surface area contributed by atoms with Crippen molar-refractivity contribution >= 4 is 35.3 Å². The Kier molecular flexibility index (Phi) is 11.7. The monoisotopic (exact) mass is 679 g/mol. The summed E-state index contributed by atoms with van der Waals surface area (Å²) in [6.07, 6.45) is 13.9. The number of nitrogens with one attached hydrogen (secondary N) is 4. The lowest BCUT2D eigenvalue weighted by atomic mass is 9.82. The van der Waals surface area contributed by atoms with E-state index in [0.717, 1.165) is 64.2 Å². The molecule has 4 fully saturated rings. The zero-order chi connectivity index (χ0) is 35.3. The van der Waals surface area contributed by atoms with Crippen LogP contribution in [0.5, 0.6) is 0 Å². The van der Waals surface area contributed by atoms with Crippen molar-refractivity contribution in [2.24, 2.45) is 23.2 Å². The zero-order valence-electron chi connectivity index (χ0n) is 29.3. The standard InChI is InChI=1S/C36H53N7O6/c1-5-10-25(29(44)34(48)39-23-15-16-23)40-33(47)28-24-14-9-13-22(24)20-43(28)35(49)30(36(2,3)4)42-32(46)27(21-11-7-6-8-12-21)41-31(45)26-19-37-17-18-38-26/h17-19,21-25,27-28,30H,5-16,20H2,1-4H3,(H,39,48)(H,40,47)(H,41,45)(H,42,46)/t22-,24-,25+,27-,28+,30-/m0/s1. The van der Waals surface area contributed by atoms with E-state index in [9.17, 15) is 28.8 Å². The van der Waals surface area contributed by atoms with Gasteiger partial charge in [-0.1, -0.05) is 59.8 Å². The second-order valence-electron chi connectivity index (χ2n) is 15.5. The van der Waals surface area contributed by atoms with E-state index in [1.54, 1.807) is 4.90 Å². The van der Waals surface area contributed by atoms with Crippen molar-refractivity contribution in [2.45, 2.75) is 135 Å². The molecule has 13 nitrogen and oxygen atoms in total. The van der Waals surface area contributed by atoms with E-state index in [1.165, 1.54) is 18.6 Å². The minimum atomic E-state index is -0.994. The molecule has 1 aromatic heterocycles. The number of nitrogens with zero attached hydrogens (tertiary/aromatic N) is 3. The quantitative estimate of drug-likeness (QED) is 0.230. The topological polar surface area (TPSA) is 180 Å². The van der Waals surface area contributed by atoms with E-state index in [4.69, 9.17) is 0 Å². The predicted octanol–water partition coefficient (Wildman–Crippen LogP) is 2.45. The van der Waals surface area contributed by atoms with E-state index < -0.39 is 59.0 Å². The van der Waals surface area contributed by atoms with Crippen molar-refractivity contribution in [3.63, 3.8) is 0 Å².